The molecule has 0 aromatic rings. The van der Waals surface area contributed by atoms with Crippen molar-refractivity contribution < 1.29 is 11.0 Å². The van der Waals surface area contributed by atoms with Crippen LogP contribution in [0, 0.1) is 0 Å². The van der Waals surface area contributed by atoms with E-state index in [1.54, 1.807) is 4.90 Å². The van der Waals surface area contributed by atoms with E-state index in [1.165, 1.54) is 0 Å². The van der Waals surface area contributed by atoms with Crippen molar-refractivity contribution >= 4 is 6.09 Å². The third kappa shape index (κ3) is 5.35. The summed E-state index contributed by atoms with van der Waals surface area (Å²) in [5.41, 5.74) is 0. The molecule has 4 nitrogen and oxygen atoms in total. The van der Waals surface area contributed by atoms with Gasteiger partial charge in [-0.15, -0.1) is 0 Å². The normalized spacial score (nSPS) is 16.4. The summed E-state index contributed by atoms with van der Waals surface area (Å²) in [5.74, 6) is 0. The number of piperidine rings is 1. The summed E-state index contributed by atoms with van der Waals surface area (Å²) in [7, 11) is 0. The molecule has 0 radical (unpaired) electrons. The number of nitrogens with one attached hydrogen (secondary N) is 1. The number of carbonyl (C=O) groups excluding carboxylic acids is 1. The molecule has 1 saturated heterocycles. The number of nitrogens with zero attached hydrogens (tertiary/aromatic N) is 1. The van der Waals surface area contributed by atoms with E-state index in [4.69, 9.17) is 4.74 Å². The smallest absolute Gasteiger partial charge is 0.409 e. The third-order valence-corrected chi connectivity index (χ3v) is 2.51. The van der Waals surface area contributed by atoms with Gasteiger partial charge in [-0.1, -0.05) is 20.8 Å². The van der Waals surface area contributed by atoms with Crippen LogP contribution in [0.15, 0.2) is 0 Å². The van der Waals surface area contributed by atoms with Crippen molar-refractivity contribution in [2.75, 3.05) is 26.2 Å². The van der Waals surface area contributed by atoms with Crippen LogP contribution in [0.3, 0.4) is 0 Å². The van der Waals surface area contributed by atoms with Crippen molar-refractivity contribution in [1.29, 1.82) is 0 Å². The van der Waals surface area contributed by atoms with E-state index in [0.717, 1.165) is 32.5 Å². The molecule has 16 heavy (non-hydrogen) atoms. The summed E-state index contributed by atoms with van der Waals surface area (Å²) in [5, 5.41) is 3.40. The highest BCUT2D eigenvalue weighted by molar-refractivity contribution is 5.67. The van der Waals surface area contributed by atoms with Crippen molar-refractivity contribution in [1.82, 2.24) is 10.2 Å². The van der Waals surface area contributed by atoms with Gasteiger partial charge in [0.1, 0.15) is 0 Å². The van der Waals surface area contributed by atoms with Gasteiger partial charge in [-0.3, -0.25) is 0 Å². The van der Waals surface area contributed by atoms with Gasteiger partial charge in [0.05, 0.1) is 6.61 Å². The molecular weight excluding hydrogens is 204 g/mol. The van der Waals surface area contributed by atoms with E-state index in [0.29, 0.717) is 12.6 Å². The second-order valence-electron chi connectivity index (χ2n) is 3.52. The fourth-order valence-electron chi connectivity index (χ4n) is 1.77. The minimum atomic E-state index is -0.164. The van der Waals surface area contributed by atoms with E-state index in [-0.39, 0.29) is 7.52 Å². The summed E-state index contributed by atoms with van der Waals surface area (Å²) in [4.78, 5) is 13.1. The topological polar surface area (TPSA) is 41.6 Å². The molecule has 0 bridgehead atoms. The average Bonchev–Trinajstić information content (AvgIpc) is 2.33. The highest BCUT2D eigenvalue weighted by Gasteiger charge is 2.22. The van der Waals surface area contributed by atoms with Crippen LogP contribution in [0.2, 0.25) is 0 Å². The number of rotatable bonds is 3. The highest BCUT2D eigenvalue weighted by atomic mass is 16.6. The van der Waals surface area contributed by atoms with Gasteiger partial charge < -0.3 is 15.0 Å². The minimum Gasteiger partial charge on any atom is -0.450 e. The molecule has 4 heteroatoms. The van der Waals surface area contributed by atoms with Crippen molar-refractivity contribution in [2.45, 2.75) is 46.6 Å². The Balaban J connectivity index is 0. The van der Waals surface area contributed by atoms with Gasteiger partial charge in [-0.2, -0.15) is 0 Å². The fourth-order valence-corrected chi connectivity index (χ4v) is 1.77. The van der Waals surface area contributed by atoms with E-state index in [2.05, 4.69) is 12.2 Å². The van der Waals surface area contributed by atoms with Crippen molar-refractivity contribution in [3.63, 3.8) is 0 Å². The highest BCUT2D eigenvalue weighted by Crippen LogP contribution is 2.10. The van der Waals surface area contributed by atoms with E-state index in [9.17, 15) is 4.79 Å². The average molecular weight is 232 g/mol. The molecule has 0 unspecified atom stereocenters. The van der Waals surface area contributed by atoms with Crippen LogP contribution in [0.5, 0.6) is 0 Å². The number of ether oxygens (including phenoxy) is 1. The van der Waals surface area contributed by atoms with Gasteiger partial charge in [0.25, 0.3) is 0 Å². The molecule has 1 aliphatic heterocycles. The maximum absolute atomic E-state index is 11.3. The fraction of sp³-hybridized carbons (Fsp3) is 0.917. The number of amides is 1. The first-order valence-electron chi connectivity index (χ1n) is 6.43. The molecule has 1 fully saturated rings. The zero-order chi connectivity index (χ0) is 12.4. The maximum atomic E-state index is 11.3. The molecule has 0 saturated carbocycles. The summed E-state index contributed by atoms with van der Waals surface area (Å²) >= 11 is 0. The first-order chi connectivity index (χ1) is 7.77. The lowest BCUT2D eigenvalue weighted by Crippen LogP contribution is -2.45. The summed E-state index contributed by atoms with van der Waals surface area (Å²) < 4.78 is 4.94. The minimum absolute atomic E-state index is 0. The lowest BCUT2D eigenvalue weighted by Gasteiger charge is -2.31. The van der Waals surface area contributed by atoms with Crippen LogP contribution in [0.25, 0.3) is 0 Å². The molecular formula is C12H28N2O2. The molecule has 1 rings (SSSR count). The Kier molecular flexibility index (Phi) is 9.00. The summed E-state index contributed by atoms with van der Waals surface area (Å²) in [6.45, 7) is 11.0. The molecule has 1 aliphatic rings. The zero-order valence-electron chi connectivity index (χ0n) is 11.1. The van der Waals surface area contributed by atoms with Crippen LogP contribution in [-0.2, 0) is 4.74 Å². The molecule has 0 aromatic heterocycles. The maximum Gasteiger partial charge on any atom is 0.409 e. The number of hydrogen-bond acceptors (Lipinski definition) is 3. The Bertz CT molecular complexity index is 183. The quantitative estimate of drug-likeness (QED) is 0.813. The molecule has 0 aromatic carbocycles. The standard InChI is InChI=1S/C10H20N2O2.C2H6.H2/c1-3-11-9-5-7-12(8-6-9)10(13)14-4-2;1-2;/h9,11H,3-8H2,1-2H3;1-2H3;1H. The molecule has 1 amide bonds. The van der Waals surface area contributed by atoms with Gasteiger partial charge >= 0.3 is 6.09 Å². The second kappa shape index (κ2) is 9.46. The molecule has 0 spiro atoms. The lowest BCUT2D eigenvalue weighted by molar-refractivity contribution is 0.0953. The number of carbonyl (C=O) groups is 1. The van der Waals surface area contributed by atoms with Crippen molar-refractivity contribution in [2.24, 2.45) is 0 Å². The van der Waals surface area contributed by atoms with Crippen LogP contribution in [0.4, 0.5) is 4.79 Å². The SMILES string of the molecule is CC.CCNC1CCN(C(=O)OCC)CC1.[HH]. The predicted octanol–water partition coefficient (Wildman–Crippen LogP) is 2.49. The molecule has 1 N–H and O–H groups in total. The lowest BCUT2D eigenvalue weighted by atomic mass is 10.1. The first kappa shape index (κ1) is 15.2. The Morgan fingerprint density at radius 1 is 1.38 bits per heavy atom. The van der Waals surface area contributed by atoms with Crippen LogP contribution in [0.1, 0.15) is 42.0 Å². The van der Waals surface area contributed by atoms with Crippen LogP contribution in [-0.4, -0.2) is 43.3 Å². The van der Waals surface area contributed by atoms with E-state index >= 15 is 0 Å². The van der Waals surface area contributed by atoms with Gasteiger partial charge in [0.15, 0.2) is 0 Å². The zero-order valence-corrected chi connectivity index (χ0v) is 11.1. The van der Waals surface area contributed by atoms with Gasteiger partial charge in [0.2, 0.25) is 0 Å². The Hall–Kier alpha value is -0.770. The summed E-state index contributed by atoms with van der Waals surface area (Å²) in [6, 6.07) is 0.575. The van der Waals surface area contributed by atoms with Gasteiger partial charge in [-0.25, -0.2) is 4.79 Å². The Morgan fingerprint density at radius 2 is 1.94 bits per heavy atom. The van der Waals surface area contributed by atoms with Crippen LogP contribution < -0.4 is 5.32 Å². The van der Waals surface area contributed by atoms with E-state index < -0.39 is 0 Å². The van der Waals surface area contributed by atoms with Crippen molar-refractivity contribution in [3.8, 4) is 0 Å². The molecule has 0 aliphatic carbocycles. The Labute approximate surface area is 101 Å². The van der Waals surface area contributed by atoms with Crippen LogP contribution >= 0.6 is 0 Å². The molecule has 1 heterocycles. The predicted molar refractivity (Wildman–Crippen MR) is 68.8 cm³/mol. The number of hydrogen-bond donors (Lipinski definition) is 1. The second-order valence-corrected chi connectivity index (χ2v) is 3.52. The monoisotopic (exact) mass is 232 g/mol. The first-order valence-corrected chi connectivity index (χ1v) is 6.43. The Morgan fingerprint density at radius 3 is 2.38 bits per heavy atom. The van der Waals surface area contributed by atoms with Gasteiger partial charge in [0, 0.05) is 20.6 Å². The molecule has 0 atom stereocenters. The van der Waals surface area contributed by atoms with Crippen molar-refractivity contribution in [3.05, 3.63) is 0 Å². The number of likely N-dealkylation sites (tertiary alicyclic amines) is 1. The van der Waals surface area contributed by atoms with Gasteiger partial charge in [-0.05, 0) is 26.3 Å². The summed E-state index contributed by atoms with van der Waals surface area (Å²) in [6.07, 6.45) is 1.90. The third-order valence-electron chi connectivity index (χ3n) is 2.51. The molecule has 98 valence electrons. The largest absolute Gasteiger partial charge is 0.450 e. The van der Waals surface area contributed by atoms with E-state index in [1.807, 2.05) is 20.8 Å².